The Morgan fingerprint density at radius 1 is 1.33 bits per heavy atom. The maximum absolute atomic E-state index is 13.0. The third-order valence-corrected chi connectivity index (χ3v) is 5.95. The van der Waals surface area contributed by atoms with Gasteiger partial charge in [-0.05, 0) is 43.9 Å². The fourth-order valence-corrected chi connectivity index (χ4v) is 4.41. The van der Waals surface area contributed by atoms with Crippen LogP contribution in [0.3, 0.4) is 0 Å². The van der Waals surface area contributed by atoms with Gasteiger partial charge < -0.3 is 15.5 Å². The number of halogens is 1. The molecule has 0 spiro atoms. The van der Waals surface area contributed by atoms with Crippen molar-refractivity contribution < 1.29 is 9.59 Å². The number of aromatic nitrogens is 2. The van der Waals surface area contributed by atoms with Crippen molar-refractivity contribution in [3.8, 4) is 0 Å². The molecule has 3 N–H and O–H groups in total. The van der Waals surface area contributed by atoms with Gasteiger partial charge in [0.25, 0.3) is 5.56 Å². The fourth-order valence-electron chi connectivity index (χ4n) is 4.22. The van der Waals surface area contributed by atoms with Gasteiger partial charge in [-0.25, -0.2) is 0 Å². The van der Waals surface area contributed by atoms with Crippen LogP contribution in [0.4, 0.5) is 17.5 Å². The minimum atomic E-state index is -0.929. The zero-order chi connectivity index (χ0) is 21.3. The molecule has 3 heterocycles. The number of amides is 2. The average Bonchev–Trinajstić information content (AvgIpc) is 2.72. The zero-order valence-corrected chi connectivity index (χ0v) is 17.5. The number of hydrogen-bond donors (Lipinski definition) is 3. The van der Waals surface area contributed by atoms with Gasteiger partial charge in [0.15, 0.2) is 0 Å². The van der Waals surface area contributed by atoms with Gasteiger partial charge >= 0.3 is 0 Å². The summed E-state index contributed by atoms with van der Waals surface area (Å²) in [6.45, 7) is 2.91. The molecule has 1 saturated heterocycles. The summed E-state index contributed by atoms with van der Waals surface area (Å²) in [4.78, 5) is 47.6. The number of fused-ring (bicyclic) bond motifs is 1. The number of aromatic amines is 1. The van der Waals surface area contributed by atoms with Crippen LogP contribution in [0.25, 0.3) is 0 Å². The number of piperidine rings is 1. The van der Waals surface area contributed by atoms with E-state index in [0.717, 1.165) is 32.2 Å². The van der Waals surface area contributed by atoms with E-state index in [1.165, 1.54) is 0 Å². The van der Waals surface area contributed by atoms with Crippen molar-refractivity contribution >= 4 is 40.9 Å². The molecule has 1 aromatic carbocycles. The second kappa shape index (κ2) is 8.47. The van der Waals surface area contributed by atoms with Crippen LogP contribution in [0, 0.1) is 0 Å². The summed E-state index contributed by atoms with van der Waals surface area (Å²) in [6, 6.07) is 7.00. The number of H-pyrrole nitrogens is 1. The number of rotatable bonds is 4. The first-order valence-corrected chi connectivity index (χ1v) is 10.6. The summed E-state index contributed by atoms with van der Waals surface area (Å²) in [6.07, 6.45) is 4.03. The number of carbonyl (C=O) groups excluding carboxylic acids is 2. The van der Waals surface area contributed by atoms with E-state index < -0.39 is 17.4 Å². The van der Waals surface area contributed by atoms with Gasteiger partial charge in [-0.15, -0.1) is 0 Å². The topological polar surface area (TPSA) is 107 Å². The average molecular weight is 430 g/mol. The molecule has 8 nitrogen and oxygen atoms in total. The zero-order valence-electron chi connectivity index (χ0n) is 16.7. The van der Waals surface area contributed by atoms with E-state index in [0.29, 0.717) is 22.7 Å². The van der Waals surface area contributed by atoms with E-state index in [1.807, 2.05) is 0 Å². The van der Waals surface area contributed by atoms with E-state index >= 15 is 0 Å². The Bertz CT molecular complexity index is 1040. The highest BCUT2D eigenvalue weighted by Crippen LogP contribution is 2.32. The van der Waals surface area contributed by atoms with Gasteiger partial charge in [0, 0.05) is 29.7 Å². The monoisotopic (exact) mass is 429 g/mol. The maximum atomic E-state index is 13.0. The molecule has 1 fully saturated rings. The van der Waals surface area contributed by atoms with Crippen LogP contribution in [0.2, 0.25) is 5.02 Å². The lowest BCUT2D eigenvalue weighted by Crippen LogP contribution is -2.43. The predicted octanol–water partition coefficient (Wildman–Crippen LogP) is 3.26. The third kappa shape index (κ3) is 4.05. The smallest absolute Gasteiger partial charge is 0.258 e. The van der Waals surface area contributed by atoms with Gasteiger partial charge in [0.05, 0.1) is 11.5 Å². The van der Waals surface area contributed by atoms with Crippen molar-refractivity contribution in [2.45, 2.75) is 51.0 Å². The minimum absolute atomic E-state index is 0.120. The quantitative estimate of drug-likeness (QED) is 0.691. The molecule has 2 atom stereocenters. The van der Waals surface area contributed by atoms with Crippen LogP contribution in [0.15, 0.2) is 29.1 Å². The van der Waals surface area contributed by atoms with E-state index in [-0.39, 0.29) is 23.7 Å². The van der Waals surface area contributed by atoms with E-state index in [9.17, 15) is 14.4 Å². The Hall–Kier alpha value is -2.87. The first kappa shape index (κ1) is 20.4. The standard InChI is InChI=1S/C21H24ClN5O3/c1-2-14-8-3-4-9-27(14)21-25-18-17(20(30)26-21)15(11-16(28)24-18)19(29)23-13-7-5-6-12(22)10-13/h5-7,10,14-15H,2-4,8-9,11H2,1H3,(H,23,29)(H2,24,25,26,28,30)/t14-,15+/m1/s1. The van der Waals surface area contributed by atoms with Gasteiger partial charge in [0.1, 0.15) is 5.82 Å². The number of carbonyl (C=O) groups is 2. The second-order valence-electron chi connectivity index (χ2n) is 7.71. The predicted molar refractivity (Wildman–Crippen MR) is 116 cm³/mol. The Morgan fingerprint density at radius 3 is 2.93 bits per heavy atom. The van der Waals surface area contributed by atoms with Crippen LogP contribution in [-0.4, -0.2) is 34.4 Å². The minimum Gasteiger partial charge on any atom is -0.339 e. The number of nitrogens with zero attached hydrogens (tertiary/aromatic N) is 2. The highest BCUT2D eigenvalue weighted by atomic mass is 35.5. The Morgan fingerprint density at radius 2 is 2.17 bits per heavy atom. The largest absolute Gasteiger partial charge is 0.339 e. The summed E-state index contributed by atoms with van der Waals surface area (Å²) in [5, 5.41) is 5.89. The molecule has 0 unspecified atom stereocenters. The molecule has 9 heteroatoms. The fraction of sp³-hybridized carbons (Fsp3) is 0.429. The number of anilines is 3. The Balaban J connectivity index is 1.66. The van der Waals surface area contributed by atoms with Gasteiger partial charge in [-0.2, -0.15) is 4.98 Å². The summed E-state index contributed by atoms with van der Waals surface area (Å²) < 4.78 is 0. The molecule has 0 aliphatic carbocycles. The molecule has 2 aliphatic heterocycles. The van der Waals surface area contributed by atoms with Crippen molar-refractivity contribution in [2.24, 2.45) is 0 Å². The third-order valence-electron chi connectivity index (χ3n) is 5.72. The summed E-state index contributed by atoms with van der Waals surface area (Å²) >= 11 is 5.97. The second-order valence-corrected chi connectivity index (χ2v) is 8.14. The van der Waals surface area contributed by atoms with Crippen LogP contribution in [0.1, 0.15) is 50.5 Å². The molecule has 2 amide bonds. The van der Waals surface area contributed by atoms with Crippen LogP contribution in [0.5, 0.6) is 0 Å². The highest BCUT2D eigenvalue weighted by Gasteiger charge is 2.35. The summed E-state index contributed by atoms with van der Waals surface area (Å²) in [5.41, 5.74) is 0.282. The van der Waals surface area contributed by atoms with Crippen LogP contribution in [-0.2, 0) is 9.59 Å². The maximum Gasteiger partial charge on any atom is 0.258 e. The molecule has 158 valence electrons. The van der Waals surface area contributed by atoms with Gasteiger partial charge in [-0.1, -0.05) is 24.6 Å². The lowest BCUT2D eigenvalue weighted by molar-refractivity contribution is -0.123. The molecule has 4 rings (SSSR count). The van der Waals surface area contributed by atoms with Crippen LogP contribution < -0.4 is 21.1 Å². The molecule has 2 aromatic rings. The molecule has 0 saturated carbocycles. The van der Waals surface area contributed by atoms with E-state index in [4.69, 9.17) is 11.6 Å². The molecular weight excluding hydrogens is 406 g/mol. The van der Waals surface area contributed by atoms with E-state index in [1.54, 1.807) is 24.3 Å². The summed E-state index contributed by atoms with van der Waals surface area (Å²) in [7, 11) is 0. The van der Waals surface area contributed by atoms with Crippen molar-refractivity contribution in [1.82, 2.24) is 9.97 Å². The molecule has 0 bridgehead atoms. The van der Waals surface area contributed by atoms with Crippen molar-refractivity contribution in [1.29, 1.82) is 0 Å². The lowest BCUT2D eigenvalue weighted by Gasteiger charge is -2.36. The molecular formula is C21H24ClN5O3. The number of benzene rings is 1. The Kier molecular flexibility index (Phi) is 5.76. The number of nitrogens with one attached hydrogen (secondary N) is 3. The van der Waals surface area contributed by atoms with Crippen molar-refractivity contribution in [2.75, 3.05) is 22.1 Å². The molecule has 0 radical (unpaired) electrons. The molecule has 1 aromatic heterocycles. The lowest BCUT2D eigenvalue weighted by atomic mass is 9.92. The number of hydrogen-bond acceptors (Lipinski definition) is 5. The van der Waals surface area contributed by atoms with Crippen molar-refractivity contribution in [3.05, 3.63) is 45.2 Å². The van der Waals surface area contributed by atoms with Crippen molar-refractivity contribution in [3.63, 3.8) is 0 Å². The Labute approximate surface area is 179 Å². The highest BCUT2D eigenvalue weighted by molar-refractivity contribution is 6.30. The van der Waals surface area contributed by atoms with E-state index in [2.05, 4.69) is 32.4 Å². The molecule has 30 heavy (non-hydrogen) atoms. The van der Waals surface area contributed by atoms with Gasteiger partial charge in [0.2, 0.25) is 17.8 Å². The normalized spacial score (nSPS) is 21.0. The summed E-state index contributed by atoms with van der Waals surface area (Å²) in [5.74, 6) is -1.11. The first-order valence-electron chi connectivity index (χ1n) is 10.2. The molecule has 2 aliphatic rings. The van der Waals surface area contributed by atoms with Gasteiger partial charge in [-0.3, -0.25) is 19.4 Å². The first-order chi connectivity index (χ1) is 14.5. The SMILES string of the molecule is CC[C@@H]1CCCCN1c1nc2c(c(=O)[nH]1)[C@@H](C(=O)Nc1cccc(Cl)c1)CC(=O)N2. The van der Waals surface area contributed by atoms with Crippen LogP contribution >= 0.6 is 11.6 Å².